The van der Waals surface area contributed by atoms with Crippen molar-refractivity contribution in [1.82, 2.24) is 19.5 Å². The molecule has 1 aliphatic heterocycles. The number of aromatic nitrogens is 4. The third-order valence-corrected chi connectivity index (χ3v) is 7.17. The van der Waals surface area contributed by atoms with Gasteiger partial charge in [0.15, 0.2) is 28.6 Å². The zero-order valence-electron chi connectivity index (χ0n) is 17.9. The number of imidazole rings is 1. The molecule has 14 heteroatoms. The van der Waals surface area contributed by atoms with Gasteiger partial charge < -0.3 is 40.5 Å². The van der Waals surface area contributed by atoms with Gasteiger partial charge in [0.2, 0.25) is 5.95 Å². The summed E-state index contributed by atoms with van der Waals surface area (Å²) in [5.74, 6) is 0.383. The lowest BCUT2D eigenvalue weighted by molar-refractivity contribution is -0.0631. The van der Waals surface area contributed by atoms with Crippen molar-refractivity contribution in [3.63, 3.8) is 0 Å². The van der Waals surface area contributed by atoms with Crippen LogP contribution in [-0.4, -0.2) is 76.0 Å². The first kappa shape index (κ1) is 23.8. The number of nitrogens with zero attached hydrogens (tertiary/aromatic N) is 4. The van der Waals surface area contributed by atoms with Gasteiger partial charge in [0.1, 0.15) is 12.2 Å². The minimum Gasteiger partial charge on any atom is -0.388 e. The topological polar surface area (TPSA) is 198 Å². The lowest BCUT2D eigenvalue weighted by atomic mass is 9.97. The maximum atomic E-state index is 12.3. The van der Waals surface area contributed by atoms with Crippen LogP contribution in [0.1, 0.15) is 40.3 Å². The molecule has 174 valence electrons. The summed E-state index contributed by atoms with van der Waals surface area (Å²) in [6.45, 7) is 5.39. The maximum Gasteiger partial charge on any atom is 0.359 e. The highest BCUT2D eigenvalue weighted by Crippen LogP contribution is 2.57. The highest BCUT2D eigenvalue weighted by molar-refractivity contribution is 7.54. The molecule has 0 aliphatic carbocycles. The van der Waals surface area contributed by atoms with Crippen molar-refractivity contribution in [3.8, 4) is 0 Å². The molecule has 1 aliphatic rings. The molecule has 7 N–H and O–H groups in total. The third-order valence-electron chi connectivity index (χ3n) is 5.04. The fourth-order valence-corrected chi connectivity index (χ4v) is 4.36. The second-order valence-corrected chi connectivity index (χ2v) is 10.9. The molecule has 2 aromatic rings. The summed E-state index contributed by atoms with van der Waals surface area (Å²) in [5, 5.41) is 32.0. The fraction of sp³-hybridized carbons (Fsp3) is 0.706. The smallest absolute Gasteiger partial charge is 0.359 e. The number of fused-ring (bicyclic) bond motifs is 1. The molecule has 3 unspecified atom stereocenters. The Morgan fingerprint density at radius 1 is 1.29 bits per heavy atom. The first-order chi connectivity index (χ1) is 14.2. The fourth-order valence-electron chi connectivity index (χ4n) is 3.39. The lowest BCUT2D eigenvalue weighted by Crippen LogP contribution is -2.38. The number of anilines is 2. The van der Waals surface area contributed by atoms with Gasteiger partial charge >= 0.3 is 7.60 Å². The van der Waals surface area contributed by atoms with Gasteiger partial charge in [-0.1, -0.05) is 0 Å². The number of nitrogen functional groups attached to an aromatic ring is 1. The van der Waals surface area contributed by atoms with Gasteiger partial charge in [-0.3, -0.25) is 9.13 Å². The second kappa shape index (κ2) is 7.93. The number of ether oxygens (including phenoxy) is 1. The second-order valence-electron chi connectivity index (χ2n) is 8.62. The van der Waals surface area contributed by atoms with Crippen molar-refractivity contribution in [2.45, 2.75) is 69.6 Å². The van der Waals surface area contributed by atoms with Gasteiger partial charge in [-0.25, -0.2) is 4.98 Å². The van der Waals surface area contributed by atoms with Gasteiger partial charge in [-0.05, 0) is 27.7 Å². The van der Waals surface area contributed by atoms with Crippen LogP contribution in [0.3, 0.4) is 0 Å². The highest BCUT2D eigenvalue weighted by atomic mass is 31.2. The Morgan fingerprint density at radius 2 is 1.94 bits per heavy atom. The Kier molecular flexibility index (Phi) is 6.08. The molecular weight excluding hydrogens is 431 g/mol. The molecule has 0 aromatic carbocycles. The van der Waals surface area contributed by atoms with Crippen LogP contribution in [-0.2, 0) is 13.8 Å². The third kappa shape index (κ3) is 4.53. The average Bonchev–Trinajstić information content (AvgIpc) is 3.15. The Hall–Kier alpha value is -1.86. The average molecular weight is 460 g/mol. The first-order valence-corrected chi connectivity index (χ1v) is 11.2. The van der Waals surface area contributed by atoms with Gasteiger partial charge in [-0.2, -0.15) is 9.97 Å². The maximum absolute atomic E-state index is 12.3. The Labute approximate surface area is 178 Å². The molecule has 2 aromatic heterocycles. The van der Waals surface area contributed by atoms with Crippen LogP contribution in [0.4, 0.5) is 11.8 Å². The lowest BCUT2D eigenvalue weighted by Gasteiger charge is -2.34. The standard InChI is InChI=1S/C17H29N6O7P/c1-16(2,30-31(27,28)17(3,4)26)6-8-10(24)11(25)14(29-8)23-7-20-9-12(19-5)21-15(18)22-13(9)23/h7-8,10-11,14,24-26H,6H2,1-5H3,(H,27,28)(H3,18,19,21,22)/t8?,10?,11-,14-/m1/s1. The van der Waals surface area contributed by atoms with E-state index in [9.17, 15) is 24.8 Å². The molecule has 1 saturated heterocycles. The summed E-state index contributed by atoms with van der Waals surface area (Å²) in [6, 6.07) is 0. The largest absolute Gasteiger partial charge is 0.388 e. The van der Waals surface area contributed by atoms with Crippen LogP contribution in [0.15, 0.2) is 6.33 Å². The first-order valence-electron chi connectivity index (χ1n) is 9.62. The van der Waals surface area contributed by atoms with Gasteiger partial charge in [0.25, 0.3) is 0 Å². The van der Waals surface area contributed by atoms with Gasteiger partial charge in [-0.15, -0.1) is 0 Å². The van der Waals surface area contributed by atoms with Crippen molar-refractivity contribution in [2.75, 3.05) is 18.1 Å². The SMILES string of the molecule is CNc1nc(N)nc2c1ncn2[C@@H]1OC(CC(C)(C)OP(=O)(O)C(C)(C)O)C(O)[C@H]1O. The van der Waals surface area contributed by atoms with Crippen LogP contribution in [0.5, 0.6) is 0 Å². The minimum atomic E-state index is -4.40. The summed E-state index contributed by atoms with van der Waals surface area (Å²) in [5.41, 5.74) is 5.18. The van der Waals surface area contributed by atoms with Gasteiger partial charge in [0.05, 0.1) is 18.0 Å². The molecule has 1 fully saturated rings. The van der Waals surface area contributed by atoms with Crippen molar-refractivity contribution in [1.29, 1.82) is 0 Å². The Morgan fingerprint density at radius 3 is 2.52 bits per heavy atom. The zero-order chi connectivity index (χ0) is 23.4. The van der Waals surface area contributed by atoms with E-state index in [1.54, 1.807) is 7.05 Å². The molecule has 0 amide bonds. The van der Waals surface area contributed by atoms with Crippen molar-refractivity contribution in [3.05, 3.63) is 6.33 Å². The van der Waals surface area contributed by atoms with E-state index in [0.717, 1.165) is 0 Å². The predicted octanol–water partition coefficient (Wildman–Crippen LogP) is 0.168. The molecule has 3 rings (SSSR count). The van der Waals surface area contributed by atoms with E-state index in [1.165, 1.54) is 38.6 Å². The van der Waals surface area contributed by atoms with Gasteiger partial charge in [0, 0.05) is 13.5 Å². The summed E-state index contributed by atoms with van der Waals surface area (Å²) >= 11 is 0. The van der Waals surface area contributed by atoms with Crippen LogP contribution in [0.2, 0.25) is 0 Å². The summed E-state index contributed by atoms with van der Waals surface area (Å²) in [4.78, 5) is 22.5. The molecule has 5 atom stereocenters. The normalized spacial score (nSPS) is 26.9. The number of nitrogens with two attached hydrogens (primary N) is 1. The number of hydrogen-bond donors (Lipinski definition) is 6. The predicted molar refractivity (Wildman–Crippen MR) is 111 cm³/mol. The number of aliphatic hydroxyl groups excluding tert-OH is 2. The van der Waals surface area contributed by atoms with Crippen molar-refractivity contribution >= 4 is 30.5 Å². The van der Waals surface area contributed by atoms with Crippen LogP contribution >= 0.6 is 7.60 Å². The van der Waals surface area contributed by atoms with Crippen LogP contribution in [0, 0.1) is 0 Å². The van der Waals surface area contributed by atoms with Crippen molar-refractivity contribution < 1.29 is 34.0 Å². The summed E-state index contributed by atoms with van der Waals surface area (Å²) < 4.78 is 25.0. The van der Waals surface area contributed by atoms with Crippen LogP contribution < -0.4 is 11.1 Å². The van der Waals surface area contributed by atoms with E-state index >= 15 is 0 Å². The van der Waals surface area contributed by atoms with E-state index in [0.29, 0.717) is 17.0 Å². The zero-order valence-corrected chi connectivity index (χ0v) is 18.8. The Bertz CT molecular complexity index is 1010. The molecule has 0 saturated carbocycles. The summed E-state index contributed by atoms with van der Waals surface area (Å²) in [7, 11) is -2.75. The minimum absolute atomic E-state index is 0.0111. The monoisotopic (exact) mass is 460 g/mol. The van der Waals surface area contributed by atoms with E-state index in [2.05, 4.69) is 20.3 Å². The van der Waals surface area contributed by atoms with Crippen LogP contribution in [0.25, 0.3) is 11.2 Å². The molecule has 0 spiro atoms. The summed E-state index contributed by atoms with van der Waals surface area (Å²) in [6.07, 6.45) is -3.32. The Balaban J connectivity index is 1.85. The molecule has 13 nitrogen and oxygen atoms in total. The number of hydrogen-bond acceptors (Lipinski definition) is 11. The highest BCUT2D eigenvalue weighted by Gasteiger charge is 2.49. The van der Waals surface area contributed by atoms with Crippen molar-refractivity contribution in [2.24, 2.45) is 0 Å². The van der Waals surface area contributed by atoms with E-state index in [-0.39, 0.29) is 12.4 Å². The molecule has 3 heterocycles. The molecule has 0 bridgehead atoms. The number of rotatable bonds is 7. The number of nitrogens with one attached hydrogen (secondary N) is 1. The van der Waals surface area contributed by atoms with E-state index in [4.69, 9.17) is 15.0 Å². The van der Waals surface area contributed by atoms with E-state index in [1.807, 2.05) is 0 Å². The van der Waals surface area contributed by atoms with E-state index < -0.39 is 43.1 Å². The quantitative estimate of drug-likeness (QED) is 0.307. The number of aliphatic hydroxyl groups is 3. The molecule has 0 radical (unpaired) electrons. The molecular formula is C17H29N6O7P. The molecule has 31 heavy (non-hydrogen) atoms.